The fourth-order valence-electron chi connectivity index (χ4n) is 11.2. The van der Waals surface area contributed by atoms with Gasteiger partial charge < -0.3 is 0 Å². The van der Waals surface area contributed by atoms with Crippen molar-refractivity contribution < 1.29 is 0 Å². The monoisotopic (exact) mass is 754 g/mol. The summed E-state index contributed by atoms with van der Waals surface area (Å²) >= 11 is 0. The summed E-state index contributed by atoms with van der Waals surface area (Å²) in [6, 6.07) is 77.6. The van der Waals surface area contributed by atoms with Gasteiger partial charge in [-0.25, -0.2) is 0 Å². The molecule has 0 atom stereocenters. The second kappa shape index (κ2) is 11.9. The molecule has 0 heteroatoms. The van der Waals surface area contributed by atoms with E-state index in [4.69, 9.17) is 0 Å². The lowest BCUT2D eigenvalue weighted by Crippen LogP contribution is -1.95. The van der Waals surface area contributed by atoms with Gasteiger partial charge >= 0.3 is 0 Å². The highest BCUT2D eigenvalue weighted by Crippen LogP contribution is 2.56. The maximum absolute atomic E-state index is 2.55. The van der Waals surface area contributed by atoms with Crippen LogP contribution in [0.25, 0.3) is 142 Å². The van der Waals surface area contributed by atoms with Crippen molar-refractivity contribution in [2.75, 3.05) is 0 Å². The molecule has 0 heterocycles. The normalized spacial score (nSPS) is 12.3. The molecule has 0 bridgehead atoms. The van der Waals surface area contributed by atoms with Crippen molar-refractivity contribution in [3.63, 3.8) is 0 Å². The van der Waals surface area contributed by atoms with Gasteiger partial charge in [0.05, 0.1) is 0 Å². The van der Waals surface area contributed by atoms with Crippen molar-refractivity contribution in [3.8, 4) is 55.6 Å². The lowest BCUT2D eigenvalue weighted by atomic mass is 9.80. The highest BCUT2D eigenvalue weighted by Gasteiger charge is 2.29. The molecule has 0 unspecified atom stereocenters. The molecule has 0 saturated carbocycles. The zero-order valence-corrected chi connectivity index (χ0v) is 32.6. The van der Waals surface area contributed by atoms with E-state index in [2.05, 4.69) is 206 Å². The Bertz CT molecular complexity index is 3900. The minimum atomic E-state index is 1.23. The van der Waals surface area contributed by atoms with Crippen LogP contribution in [0.5, 0.6) is 0 Å². The Labute approximate surface area is 346 Å². The predicted octanol–water partition coefficient (Wildman–Crippen LogP) is 17.0. The van der Waals surface area contributed by atoms with Gasteiger partial charge in [-0.15, -0.1) is 0 Å². The van der Waals surface area contributed by atoms with Gasteiger partial charge in [0.25, 0.3) is 0 Å². The Hall–Kier alpha value is -7.80. The third-order valence-corrected chi connectivity index (χ3v) is 13.7. The molecule has 0 spiro atoms. The SMILES string of the molecule is c1ccc(-c2ccc3c(c2)c2ccccc2c2c(-c4ccccc4)c4cc5c(cc4c(-c4ccccc4)c32)-c2ccc3c4cccc6cccc(c7ccc-5c2c73)c64)cc1. The maximum atomic E-state index is 2.55. The van der Waals surface area contributed by atoms with Crippen molar-refractivity contribution in [3.05, 3.63) is 206 Å². The molecule has 0 aliphatic heterocycles. The molecule has 0 fully saturated rings. The summed E-state index contributed by atoms with van der Waals surface area (Å²) in [5.74, 6) is 0. The van der Waals surface area contributed by atoms with Gasteiger partial charge in [-0.3, -0.25) is 0 Å². The summed E-state index contributed by atoms with van der Waals surface area (Å²) in [5, 5.41) is 21.0. The molecule has 0 nitrogen and oxygen atoms in total. The molecule has 274 valence electrons. The number of hydrogen-bond donors (Lipinski definition) is 0. The van der Waals surface area contributed by atoms with E-state index in [1.54, 1.807) is 0 Å². The molecule has 13 aromatic rings. The molecule has 60 heavy (non-hydrogen) atoms. The summed E-state index contributed by atoms with van der Waals surface area (Å²) in [6.45, 7) is 0. The van der Waals surface area contributed by atoms with Crippen LogP contribution in [0.2, 0.25) is 0 Å². The minimum Gasteiger partial charge on any atom is -0.0622 e. The molecule has 0 N–H and O–H groups in total. The molecule has 1 aliphatic rings. The van der Waals surface area contributed by atoms with Crippen molar-refractivity contribution in [1.82, 2.24) is 0 Å². The van der Waals surface area contributed by atoms with Gasteiger partial charge in [-0.2, -0.15) is 0 Å². The third kappa shape index (κ3) is 4.19. The zero-order valence-electron chi connectivity index (χ0n) is 32.6. The first-order chi connectivity index (χ1) is 29.8. The summed E-state index contributed by atoms with van der Waals surface area (Å²) in [6.07, 6.45) is 0. The van der Waals surface area contributed by atoms with E-state index in [9.17, 15) is 0 Å². The first-order valence-electron chi connectivity index (χ1n) is 21.0. The summed E-state index contributed by atoms with van der Waals surface area (Å²) in [4.78, 5) is 0. The van der Waals surface area contributed by atoms with E-state index in [-0.39, 0.29) is 0 Å². The third-order valence-electron chi connectivity index (χ3n) is 13.7. The number of rotatable bonds is 3. The van der Waals surface area contributed by atoms with Crippen LogP contribution in [0.1, 0.15) is 0 Å². The minimum absolute atomic E-state index is 1.23. The summed E-state index contributed by atoms with van der Waals surface area (Å²) in [7, 11) is 0. The van der Waals surface area contributed by atoms with Crippen LogP contribution < -0.4 is 0 Å². The Balaban J connectivity index is 1.19. The predicted molar refractivity (Wildman–Crippen MR) is 258 cm³/mol. The number of benzene rings is 13. The Morgan fingerprint density at radius 2 is 0.617 bits per heavy atom. The molecule has 0 radical (unpaired) electrons. The van der Waals surface area contributed by atoms with Crippen LogP contribution in [0, 0.1) is 0 Å². The first kappa shape index (κ1) is 32.2. The number of hydrogen-bond acceptors (Lipinski definition) is 0. The van der Waals surface area contributed by atoms with Gasteiger partial charge in [0.2, 0.25) is 0 Å². The maximum Gasteiger partial charge on any atom is -0.000763 e. The van der Waals surface area contributed by atoms with Crippen LogP contribution in [0.15, 0.2) is 206 Å². The Kier molecular flexibility index (Phi) is 6.38. The molecule has 0 aromatic heterocycles. The summed E-state index contributed by atoms with van der Waals surface area (Å²) in [5.41, 5.74) is 12.8. The van der Waals surface area contributed by atoms with Gasteiger partial charge in [-0.05, 0) is 160 Å². The van der Waals surface area contributed by atoms with Crippen molar-refractivity contribution in [1.29, 1.82) is 0 Å². The second-order valence-corrected chi connectivity index (χ2v) is 16.6. The van der Waals surface area contributed by atoms with E-state index >= 15 is 0 Å². The lowest BCUT2D eigenvalue weighted by Gasteiger charge is -2.23. The molecule has 14 rings (SSSR count). The molecule has 1 aliphatic carbocycles. The van der Waals surface area contributed by atoms with Crippen molar-refractivity contribution in [2.45, 2.75) is 0 Å². The van der Waals surface area contributed by atoms with Crippen molar-refractivity contribution >= 4 is 86.2 Å². The lowest BCUT2D eigenvalue weighted by molar-refractivity contribution is 1.65. The van der Waals surface area contributed by atoms with E-state index in [1.165, 1.54) is 142 Å². The topological polar surface area (TPSA) is 0 Å². The van der Waals surface area contributed by atoms with Gasteiger partial charge in [0.15, 0.2) is 0 Å². The van der Waals surface area contributed by atoms with Crippen LogP contribution >= 0.6 is 0 Å². The van der Waals surface area contributed by atoms with Crippen LogP contribution in [-0.4, -0.2) is 0 Å². The molecule has 0 amide bonds. The first-order valence-corrected chi connectivity index (χ1v) is 21.0. The van der Waals surface area contributed by atoms with Crippen LogP contribution in [-0.2, 0) is 0 Å². The van der Waals surface area contributed by atoms with E-state index < -0.39 is 0 Å². The Morgan fingerprint density at radius 3 is 1.18 bits per heavy atom. The average molecular weight is 755 g/mol. The number of fused-ring (bicyclic) bond motifs is 12. The van der Waals surface area contributed by atoms with Crippen LogP contribution in [0.3, 0.4) is 0 Å². The molecular formula is C60H34. The quantitative estimate of drug-likeness (QED) is 0.124. The van der Waals surface area contributed by atoms with Crippen molar-refractivity contribution in [2.24, 2.45) is 0 Å². The fraction of sp³-hybridized carbons (Fsp3) is 0. The zero-order chi connectivity index (χ0) is 39.1. The van der Waals surface area contributed by atoms with E-state index in [1.807, 2.05) is 0 Å². The summed E-state index contributed by atoms with van der Waals surface area (Å²) < 4.78 is 0. The van der Waals surface area contributed by atoms with E-state index in [0.29, 0.717) is 0 Å². The second-order valence-electron chi connectivity index (χ2n) is 16.6. The van der Waals surface area contributed by atoms with Gasteiger partial charge in [0, 0.05) is 0 Å². The average Bonchev–Trinajstić information content (AvgIpc) is 3.64. The molecule has 0 saturated heterocycles. The standard InChI is InChI=1S/C60H34/c1-4-14-35(15-5-1)39-26-27-48-49(32-39)40-22-10-11-23-41(40)59-55(37-16-6-2-7-17-37)52-33-50-46-30-28-44-42-24-12-20-36-21-13-25-43(54(36)42)45-29-31-47(58(46)57(44)45)51(50)34-53(52)56(60(48)59)38-18-8-3-9-19-38/h1-34H. The van der Waals surface area contributed by atoms with Crippen LogP contribution in [0.4, 0.5) is 0 Å². The Morgan fingerprint density at radius 1 is 0.183 bits per heavy atom. The van der Waals surface area contributed by atoms with Gasteiger partial charge in [0.1, 0.15) is 0 Å². The molecule has 13 aromatic carbocycles. The largest absolute Gasteiger partial charge is 0.0622 e. The fourth-order valence-corrected chi connectivity index (χ4v) is 11.2. The van der Waals surface area contributed by atoms with E-state index in [0.717, 1.165) is 0 Å². The highest BCUT2D eigenvalue weighted by atomic mass is 14.3. The van der Waals surface area contributed by atoms with Gasteiger partial charge in [-0.1, -0.05) is 188 Å². The highest BCUT2D eigenvalue weighted by molar-refractivity contribution is 6.40. The smallest absolute Gasteiger partial charge is 0.000763 e. The molecular weight excluding hydrogens is 721 g/mol.